The summed E-state index contributed by atoms with van der Waals surface area (Å²) in [5.41, 5.74) is 0. The quantitative estimate of drug-likeness (QED) is 0.260. The maximum absolute atomic E-state index is 4.75. The van der Waals surface area contributed by atoms with Crippen LogP contribution < -0.4 is 5.84 Å². The largest absolute Gasteiger partial charge is 0.323 e. The lowest BCUT2D eigenvalue weighted by Gasteiger charge is -1.66. The summed E-state index contributed by atoms with van der Waals surface area (Å²) < 4.78 is 0. The monoisotopic (exact) mass is 126 g/mol. The molecule has 0 rings (SSSR count). The van der Waals surface area contributed by atoms with Gasteiger partial charge < -0.3 is 5.84 Å². The van der Waals surface area contributed by atoms with Crippen LogP contribution in [0, 0.1) is 0 Å². The zero-order valence-electron chi connectivity index (χ0n) is 6.04. The van der Waals surface area contributed by atoms with E-state index >= 15 is 0 Å². The van der Waals surface area contributed by atoms with E-state index in [2.05, 4.69) is 11.7 Å². The van der Waals surface area contributed by atoms with Gasteiger partial charge in [-0.3, -0.25) is 0 Å². The lowest BCUT2D eigenvalue weighted by atomic mass is 10.5. The van der Waals surface area contributed by atoms with Gasteiger partial charge in [0.15, 0.2) is 0 Å². The predicted molar refractivity (Wildman–Crippen MR) is 43.4 cm³/mol. The number of allylic oxidation sites excluding steroid dienone is 3. The molecule has 0 bridgehead atoms. The summed E-state index contributed by atoms with van der Waals surface area (Å²) in [4.78, 5) is 0. The van der Waals surface area contributed by atoms with Crippen LogP contribution in [0.5, 0.6) is 0 Å². The van der Waals surface area contributed by atoms with E-state index in [-0.39, 0.29) is 0 Å². The lowest BCUT2D eigenvalue weighted by Crippen LogP contribution is -1.76. The second-order valence-corrected chi connectivity index (χ2v) is 0.919. The molecule has 0 aliphatic rings. The van der Waals surface area contributed by atoms with Gasteiger partial charge in [-0.15, -0.1) is 0 Å². The second kappa shape index (κ2) is 15.8. The van der Waals surface area contributed by atoms with Crippen molar-refractivity contribution in [3.05, 3.63) is 24.8 Å². The Morgan fingerprint density at radius 2 is 1.89 bits per heavy atom. The van der Waals surface area contributed by atoms with Crippen LogP contribution in [-0.4, -0.2) is 6.21 Å². The molecule has 0 aliphatic carbocycles. The van der Waals surface area contributed by atoms with Gasteiger partial charge in [0.1, 0.15) is 0 Å². The van der Waals surface area contributed by atoms with E-state index in [1.54, 1.807) is 18.2 Å². The van der Waals surface area contributed by atoms with Crippen LogP contribution in [-0.2, 0) is 0 Å². The molecule has 2 N–H and O–H groups in total. The number of hydrogen-bond acceptors (Lipinski definition) is 2. The predicted octanol–water partition coefficient (Wildman–Crippen LogP) is 1.70. The van der Waals surface area contributed by atoms with E-state index in [1.807, 2.05) is 13.8 Å². The molecule has 0 saturated carbocycles. The smallest absolute Gasteiger partial charge is 0.0465 e. The molecule has 0 aromatic heterocycles. The van der Waals surface area contributed by atoms with Gasteiger partial charge in [0.05, 0.1) is 0 Å². The van der Waals surface area contributed by atoms with Crippen molar-refractivity contribution < 1.29 is 0 Å². The molecule has 52 valence electrons. The minimum absolute atomic E-state index is 1.49. The molecule has 0 atom stereocenters. The Morgan fingerprint density at radius 1 is 1.33 bits per heavy atom. The number of rotatable bonds is 2. The van der Waals surface area contributed by atoms with E-state index in [9.17, 15) is 0 Å². The average molecular weight is 126 g/mol. The molecule has 0 saturated heterocycles. The fourth-order valence-corrected chi connectivity index (χ4v) is 0.178. The van der Waals surface area contributed by atoms with Crippen molar-refractivity contribution in [3.63, 3.8) is 0 Å². The Kier molecular flexibility index (Phi) is 19.0. The van der Waals surface area contributed by atoms with Crippen molar-refractivity contribution in [3.8, 4) is 0 Å². The number of hydrogen-bond donors (Lipinski definition) is 1. The summed E-state index contributed by atoms with van der Waals surface area (Å²) in [5.74, 6) is 4.75. The summed E-state index contributed by atoms with van der Waals surface area (Å²) in [6.45, 7) is 7.44. The Balaban J connectivity index is 0. The average Bonchev–Trinajstić information content (AvgIpc) is 1.94. The first-order valence-corrected chi connectivity index (χ1v) is 2.92. The Morgan fingerprint density at radius 3 is 2.22 bits per heavy atom. The van der Waals surface area contributed by atoms with Gasteiger partial charge in [0, 0.05) is 6.21 Å². The molecular formula is C7H14N2. The van der Waals surface area contributed by atoms with Crippen LogP contribution in [0.15, 0.2) is 29.9 Å². The third-order valence-corrected chi connectivity index (χ3v) is 0.419. The van der Waals surface area contributed by atoms with Gasteiger partial charge in [-0.1, -0.05) is 32.6 Å². The zero-order chi connectivity index (χ0) is 7.54. The highest BCUT2D eigenvalue weighted by Crippen LogP contribution is 1.65. The van der Waals surface area contributed by atoms with E-state index in [1.165, 1.54) is 6.21 Å². The molecular weight excluding hydrogens is 112 g/mol. The van der Waals surface area contributed by atoms with Crippen molar-refractivity contribution >= 4 is 6.21 Å². The van der Waals surface area contributed by atoms with Gasteiger partial charge in [-0.2, -0.15) is 5.10 Å². The summed E-state index contributed by atoms with van der Waals surface area (Å²) in [6.07, 6.45) is 6.59. The molecule has 2 heteroatoms. The Bertz CT molecular complexity index is 93.1. The Hall–Kier alpha value is -1.05. The maximum Gasteiger partial charge on any atom is 0.0465 e. The van der Waals surface area contributed by atoms with Crippen molar-refractivity contribution in [2.45, 2.75) is 13.8 Å². The lowest BCUT2D eigenvalue weighted by molar-refractivity contribution is 1.27. The van der Waals surface area contributed by atoms with Gasteiger partial charge in [0.2, 0.25) is 0 Å². The summed E-state index contributed by atoms with van der Waals surface area (Å²) in [7, 11) is 0. The zero-order valence-corrected chi connectivity index (χ0v) is 6.04. The SMILES string of the molecule is C=C/C=C\C=N/N.CC. The fraction of sp³-hybridized carbons (Fsp3) is 0.286. The first-order chi connectivity index (χ1) is 4.41. The van der Waals surface area contributed by atoms with Crippen LogP contribution in [0.25, 0.3) is 0 Å². The normalized spacial score (nSPS) is 9.11. The molecule has 0 radical (unpaired) electrons. The molecule has 0 heterocycles. The minimum atomic E-state index is 1.49. The van der Waals surface area contributed by atoms with E-state index in [0.717, 1.165) is 0 Å². The number of hydrazone groups is 1. The minimum Gasteiger partial charge on any atom is -0.323 e. The highest BCUT2D eigenvalue weighted by Gasteiger charge is 1.53. The van der Waals surface area contributed by atoms with Gasteiger partial charge in [-0.05, 0) is 6.08 Å². The van der Waals surface area contributed by atoms with E-state index in [0.29, 0.717) is 0 Å². The molecule has 9 heavy (non-hydrogen) atoms. The third kappa shape index (κ3) is 19.6. The van der Waals surface area contributed by atoms with Crippen LogP contribution in [0.2, 0.25) is 0 Å². The van der Waals surface area contributed by atoms with Crippen molar-refractivity contribution in [2.24, 2.45) is 10.9 Å². The molecule has 0 aromatic carbocycles. The second-order valence-electron chi connectivity index (χ2n) is 0.919. The molecule has 0 fully saturated rings. The maximum atomic E-state index is 4.75. The molecule has 2 nitrogen and oxygen atoms in total. The standard InChI is InChI=1S/C5H8N2.C2H6/c1-2-3-4-5-7-6;1-2/h2-5H,1,6H2;1-2H3/b4-3-,7-5-;. The van der Waals surface area contributed by atoms with Crippen LogP contribution >= 0.6 is 0 Å². The first kappa shape index (κ1) is 10.8. The molecule has 0 unspecified atom stereocenters. The van der Waals surface area contributed by atoms with E-state index < -0.39 is 0 Å². The highest BCUT2D eigenvalue weighted by molar-refractivity contribution is 5.70. The van der Waals surface area contributed by atoms with Crippen molar-refractivity contribution in [1.29, 1.82) is 0 Å². The van der Waals surface area contributed by atoms with Crippen molar-refractivity contribution in [1.82, 2.24) is 0 Å². The highest BCUT2D eigenvalue weighted by atomic mass is 15.1. The topological polar surface area (TPSA) is 38.4 Å². The summed E-state index contributed by atoms with van der Waals surface area (Å²) in [5, 5.41) is 3.21. The Labute approximate surface area is 56.8 Å². The van der Waals surface area contributed by atoms with Gasteiger partial charge in [0.25, 0.3) is 0 Å². The number of nitrogens with zero attached hydrogens (tertiary/aromatic N) is 1. The summed E-state index contributed by atoms with van der Waals surface area (Å²) >= 11 is 0. The third-order valence-electron chi connectivity index (χ3n) is 0.419. The molecule has 0 amide bonds. The molecule has 0 spiro atoms. The fourth-order valence-electron chi connectivity index (χ4n) is 0.178. The van der Waals surface area contributed by atoms with Crippen molar-refractivity contribution in [2.75, 3.05) is 0 Å². The molecule has 0 aromatic rings. The summed E-state index contributed by atoms with van der Waals surface area (Å²) in [6, 6.07) is 0. The van der Waals surface area contributed by atoms with E-state index in [4.69, 9.17) is 5.84 Å². The van der Waals surface area contributed by atoms with Crippen LogP contribution in [0.4, 0.5) is 0 Å². The first-order valence-electron chi connectivity index (χ1n) is 2.92. The number of nitrogens with two attached hydrogens (primary N) is 1. The van der Waals surface area contributed by atoms with Crippen LogP contribution in [0.1, 0.15) is 13.8 Å². The van der Waals surface area contributed by atoms with Gasteiger partial charge >= 0.3 is 0 Å². The van der Waals surface area contributed by atoms with Gasteiger partial charge in [-0.25, -0.2) is 0 Å². The molecule has 0 aliphatic heterocycles. The van der Waals surface area contributed by atoms with Crippen LogP contribution in [0.3, 0.4) is 0 Å².